The van der Waals surface area contributed by atoms with Gasteiger partial charge in [0, 0.05) is 10.2 Å². The number of esters is 1. The van der Waals surface area contributed by atoms with E-state index in [1.54, 1.807) is 56.3 Å². The molecule has 7 heteroatoms. The zero-order valence-electron chi connectivity index (χ0n) is 15.9. The summed E-state index contributed by atoms with van der Waals surface area (Å²) in [5.41, 5.74) is 2.43. The first-order valence-electron chi connectivity index (χ1n) is 9.03. The van der Waals surface area contributed by atoms with E-state index in [0.717, 1.165) is 5.56 Å². The minimum atomic E-state index is -0.662. The molecule has 0 spiro atoms. The molecule has 1 aliphatic rings. The highest BCUT2D eigenvalue weighted by Crippen LogP contribution is 2.37. The molecule has 2 aromatic rings. The summed E-state index contributed by atoms with van der Waals surface area (Å²) >= 11 is 3.47. The van der Waals surface area contributed by atoms with E-state index in [1.165, 1.54) is 12.1 Å². The average molecular weight is 459 g/mol. The van der Waals surface area contributed by atoms with Crippen LogP contribution >= 0.6 is 15.9 Å². The smallest absolute Gasteiger partial charge is 0.338 e. The number of amidine groups is 1. The van der Waals surface area contributed by atoms with Crippen LogP contribution in [0.25, 0.3) is 6.08 Å². The van der Waals surface area contributed by atoms with Gasteiger partial charge in [-0.3, -0.25) is 4.99 Å². The van der Waals surface area contributed by atoms with Gasteiger partial charge in [0.15, 0.2) is 0 Å². The third kappa shape index (κ3) is 4.92. The molecule has 3 rings (SSSR count). The molecule has 0 amide bonds. The summed E-state index contributed by atoms with van der Waals surface area (Å²) in [6.45, 7) is 3.75. The maximum Gasteiger partial charge on any atom is 0.338 e. The summed E-state index contributed by atoms with van der Waals surface area (Å²) in [4.78, 5) is 17.3. The normalized spacial score (nSPS) is 16.6. The molecule has 1 unspecified atom stereocenters. The molecule has 0 aliphatic carbocycles. The Morgan fingerprint density at radius 1 is 1.28 bits per heavy atom. The van der Waals surface area contributed by atoms with E-state index in [-0.39, 0.29) is 18.2 Å². The fourth-order valence-electron chi connectivity index (χ4n) is 2.97. The molecule has 1 heterocycles. The summed E-state index contributed by atoms with van der Waals surface area (Å²) in [5.74, 6) is -0.175. The van der Waals surface area contributed by atoms with Crippen molar-refractivity contribution < 1.29 is 19.0 Å². The van der Waals surface area contributed by atoms with E-state index in [2.05, 4.69) is 26.2 Å². The van der Waals surface area contributed by atoms with Crippen molar-refractivity contribution in [3.8, 4) is 5.75 Å². The number of carbonyl (C=O) groups excluding carboxylic acids is 1. The van der Waals surface area contributed by atoms with Crippen LogP contribution in [0.4, 0.5) is 4.39 Å². The highest BCUT2D eigenvalue weighted by Gasteiger charge is 2.31. The average Bonchev–Trinajstić information content (AvgIpc) is 2.69. The summed E-state index contributed by atoms with van der Waals surface area (Å²) in [5, 5.41) is 13.1. The number of nitrogens with one attached hydrogen (secondary N) is 1. The van der Waals surface area contributed by atoms with Gasteiger partial charge in [-0.25, -0.2) is 9.18 Å². The molecular weight excluding hydrogens is 439 g/mol. The molecular formula is C22H20BrFN2O3. The number of aliphatic imine (C=N–C) groups is 1. The Morgan fingerprint density at radius 2 is 2.00 bits per heavy atom. The van der Waals surface area contributed by atoms with E-state index in [9.17, 15) is 14.3 Å². The molecule has 2 aromatic carbocycles. The van der Waals surface area contributed by atoms with Gasteiger partial charge < -0.3 is 15.2 Å². The van der Waals surface area contributed by atoms with Crippen LogP contribution in [-0.2, 0) is 9.53 Å². The van der Waals surface area contributed by atoms with E-state index in [0.29, 0.717) is 27.1 Å². The molecule has 29 heavy (non-hydrogen) atoms. The van der Waals surface area contributed by atoms with Crippen molar-refractivity contribution in [1.29, 1.82) is 0 Å². The monoisotopic (exact) mass is 458 g/mol. The maximum absolute atomic E-state index is 13.1. The lowest BCUT2D eigenvalue weighted by Gasteiger charge is -2.26. The van der Waals surface area contributed by atoms with Crippen LogP contribution in [0.5, 0.6) is 5.75 Å². The zero-order chi connectivity index (χ0) is 21.0. The Bertz CT molecular complexity index is 1010. The Morgan fingerprint density at radius 3 is 2.69 bits per heavy atom. The summed E-state index contributed by atoms with van der Waals surface area (Å²) in [6, 6.07) is 10.2. The molecule has 5 nitrogen and oxygen atoms in total. The SMILES string of the molecule is CCOC(=O)C1=C(C)NC(/C=C\c2ccc(F)cc2)=NC1c1cc(O)ccc1Br. The second-order valence-electron chi connectivity index (χ2n) is 6.39. The third-order valence-corrected chi connectivity index (χ3v) is 5.06. The van der Waals surface area contributed by atoms with Crippen LogP contribution in [0.3, 0.4) is 0 Å². The predicted octanol–water partition coefficient (Wildman–Crippen LogP) is 4.89. The molecule has 0 radical (unpaired) electrons. The van der Waals surface area contributed by atoms with Crippen LogP contribution in [-0.4, -0.2) is 23.5 Å². The summed E-state index contributed by atoms with van der Waals surface area (Å²) in [6.07, 6.45) is 3.55. The Balaban J connectivity index is 2.01. The van der Waals surface area contributed by atoms with Gasteiger partial charge in [-0.1, -0.05) is 34.1 Å². The quantitative estimate of drug-likeness (QED) is 0.625. The Labute approximate surface area is 176 Å². The van der Waals surface area contributed by atoms with Gasteiger partial charge in [0.05, 0.1) is 12.2 Å². The van der Waals surface area contributed by atoms with Crippen molar-refractivity contribution in [3.63, 3.8) is 0 Å². The molecule has 0 saturated carbocycles. The molecule has 0 bridgehead atoms. The second kappa shape index (κ2) is 9.05. The molecule has 0 aromatic heterocycles. The number of phenols is 1. The van der Waals surface area contributed by atoms with Gasteiger partial charge >= 0.3 is 5.97 Å². The van der Waals surface area contributed by atoms with E-state index >= 15 is 0 Å². The minimum absolute atomic E-state index is 0.0706. The number of aromatic hydroxyl groups is 1. The number of phenolic OH excluding ortho intramolecular Hbond substituents is 1. The summed E-state index contributed by atoms with van der Waals surface area (Å²) in [7, 11) is 0. The van der Waals surface area contributed by atoms with Crippen molar-refractivity contribution >= 4 is 33.8 Å². The number of halogens is 2. The number of hydrogen-bond acceptors (Lipinski definition) is 5. The van der Waals surface area contributed by atoms with Crippen molar-refractivity contribution in [2.24, 2.45) is 4.99 Å². The first-order valence-corrected chi connectivity index (χ1v) is 9.83. The number of carbonyl (C=O) groups is 1. The number of hydrogen-bond donors (Lipinski definition) is 2. The molecule has 0 fully saturated rings. The van der Waals surface area contributed by atoms with Crippen molar-refractivity contribution in [2.75, 3.05) is 6.61 Å². The first-order chi connectivity index (χ1) is 13.9. The molecule has 2 N–H and O–H groups in total. The molecule has 1 aliphatic heterocycles. The predicted molar refractivity (Wildman–Crippen MR) is 114 cm³/mol. The lowest BCUT2D eigenvalue weighted by atomic mass is 9.95. The fraction of sp³-hybridized carbons (Fsp3) is 0.182. The van der Waals surface area contributed by atoms with Gasteiger partial charge in [0.2, 0.25) is 0 Å². The molecule has 1 atom stereocenters. The standard InChI is InChI=1S/C22H20BrFN2O3/c1-3-29-22(28)20-13(2)25-19(11-6-14-4-7-15(24)8-5-14)26-21(20)17-12-16(27)9-10-18(17)23/h4-12,21,27H,3H2,1-2H3,(H,25,26)/b11-6-. The number of ether oxygens (including phenoxy) is 1. The van der Waals surface area contributed by atoms with Gasteiger partial charge in [0.1, 0.15) is 23.4 Å². The summed E-state index contributed by atoms with van der Waals surface area (Å²) < 4.78 is 19.0. The minimum Gasteiger partial charge on any atom is -0.508 e. The number of allylic oxidation sites excluding steroid dienone is 1. The first kappa shape index (κ1) is 20.8. The number of nitrogens with zero attached hydrogens (tertiary/aromatic N) is 1. The van der Waals surface area contributed by atoms with Crippen LogP contribution in [0.1, 0.15) is 31.0 Å². The molecule has 0 saturated heterocycles. The lowest BCUT2D eigenvalue weighted by molar-refractivity contribution is -0.138. The van der Waals surface area contributed by atoms with Crippen LogP contribution < -0.4 is 5.32 Å². The maximum atomic E-state index is 13.1. The third-order valence-electron chi connectivity index (χ3n) is 4.33. The number of rotatable bonds is 5. The van der Waals surface area contributed by atoms with Crippen molar-refractivity contribution in [3.05, 3.63) is 81.2 Å². The highest BCUT2D eigenvalue weighted by atomic mass is 79.9. The Hall–Kier alpha value is -2.93. The second-order valence-corrected chi connectivity index (χ2v) is 7.25. The van der Waals surface area contributed by atoms with Crippen molar-refractivity contribution in [2.45, 2.75) is 19.9 Å². The fourth-order valence-corrected chi connectivity index (χ4v) is 3.44. The van der Waals surface area contributed by atoms with E-state index in [1.807, 2.05) is 0 Å². The Kier molecular flexibility index (Phi) is 6.49. The zero-order valence-corrected chi connectivity index (χ0v) is 17.5. The topological polar surface area (TPSA) is 70.9 Å². The number of benzene rings is 2. The highest BCUT2D eigenvalue weighted by molar-refractivity contribution is 9.10. The van der Waals surface area contributed by atoms with Gasteiger partial charge in [0.25, 0.3) is 0 Å². The lowest BCUT2D eigenvalue weighted by Crippen LogP contribution is -2.31. The van der Waals surface area contributed by atoms with Gasteiger partial charge in [-0.15, -0.1) is 0 Å². The van der Waals surface area contributed by atoms with Crippen LogP contribution in [0.2, 0.25) is 0 Å². The molecule has 150 valence electrons. The van der Waals surface area contributed by atoms with E-state index < -0.39 is 12.0 Å². The van der Waals surface area contributed by atoms with Gasteiger partial charge in [-0.2, -0.15) is 0 Å². The van der Waals surface area contributed by atoms with Crippen LogP contribution in [0.15, 0.2) is 69.3 Å². The largest absolute Gasteiger partial charge is 0.508 e. The van der Waals surface area contributed by atoms with Crippen molar-refractivity contribution in [1.82, 2.24) is 5.32 Å². The van der Waals surface area contributed by atoms with Gasteiger partial charge in [-0.05, 0) is 61.4 Å². The van der Waals surface area contributed by atoms with E-state index in [4.69, 9.17) is 4.74 Å². The van der Waals surface area contributed by atoms with Crippen LogP contribution in [0, 0.1) is 5.82 Å².